The van der Waals surface area contributed by atoms with Crippen LogP contribution in [-0.2, 0) is 0 Å². The van der Waals surface area contributed by atoms with Gasteiger partial charge < -0.3 is 9.84 Å². The second-order valence-electron chi connectivity index (χ2n) is 4.42. The van der Waals surface area contributed by atoms with Crippen LogP contribution in [0.2, 0.25) is 0 Å². The molecule has 0 saturated heterocycles. The first-order valence-electron chi connectivity index (χ1n) is 6.66. The Hall–Kier alpha value is -1.11. The number of thioether (sulfide) groups is 1. The largest absolute Gasteiger partial charge is 0.493 e. The maximum absolute atomic E-state index is 8.65. The van der Waals surface area contributed by atoms with Crippen LogP contribution < -0.4 is 4.74 Å². The van der Waals surface area contributed by atoms with Crippen LogP contribution in [0.4, 0.5) is 0 Å². The van der Waals surface area contributed by atoms with Crippen LogP contribution in [0.3, 0.4) is 0 Å². The van der Waals surface area contributed by atoms with Crippen LogP contribution in [0.15, 0.2) is 24.3 Å². The van der Waals surface area contributed by atoms with Gasteiger partial charge in [-0.25, -0.2) is 0 Å². The minimum atomic E-state index is -0.114. The third-order valence-electron chi connectivity index (χ3n) is 2.74. The van der Waals surface area contributed by atoms with Gasteiger partial charge in [0.25, 0.3) is 0 Å². The van der Waals surface area contributed by atoms with Gasteiger partial charge in [0.1, 0.15) is 12.4 Å². The van der Waals surface area contributed by atoms with E-state index >= 15 is 0 Å². The minimum absolute atomic E-state index is 0.114. The summed E-state index contributed by atoms with van der Waals surface area (Å²) in [6.07, 6.45) is 1.24. The lowest BCUT2D eigenvalue weighted by molar-refractivity contribution is 0.343. The molecule has 0 radical (unpaired) electrons. The lowest BCUT2D eigenvalue weighted by Crippen LogP contribution is -2.03. The van der Waals surface area contributed by atoms with Gasteiger partial charge in [-0.2, -0.15) is 11.8 Å². The Morgan fingerprint density at radius 3 is 3.00 bits per heavy atom. The summed E-state index contributed by atoms with van der Waals surface area (Å²) in [5.41, 5.74) is 0.874. The summed E-state index contributed by atoms with van der Waals surface area (Å²) in [5.74, 6) is 9.33. The molecule has 0 heterocycles. The zero-order valence-electron chi connectivity index (χ0n) is 11.7. The molecule has 0 aliphatic rings. The molecule has 0 spiro atoms. The Bertz CT molecular complexity index is 420. The number of ether oxygens (including phenoxy) is 1. The molecule has 0 amide bonds. The van der Waals surface area contributed by atoms with Gasteiger partial charge in [0, 0.05) is 11.3 Å². The molecule has 3 heteroatoms. The summed E-state index contributed by atoms with van der Waals surface area (Å²) < 4.78 is 5.69. The SMILES string of the molecule is CCC(C)CSCCOc1cccc(C#CCO)c1. The first kappa shape index (κ1) is 15.9. The quantitative estimate of drug-likeness (QED) is 0.613. The van der Waals surface area contributed by atoms with Crippen molar-refractivity contribution in [2.24, 2.45) is 5.92 Å². The molecule has 1 unspecified atom stereocenters. The normalized spacial score (nSPS) is 11.5. The summed E-state index contributed by atoms with van der Waals surface area (Å²) in [6, 6.07) is 7.67. The van der Waals surface area contributed by atoms with Crippen molar-refractivity contribution in [3.05, 3.63) is 29.8 Å². The van der Waals surface area contributed by atoms with E-state index in [1.807, 2.05) is 36.0 Å². The lowest BCUT2D eigenvalue weighted by atomic mass is 10.2. The van der Waals surface area contributed by atoms with E-state index in [0.717, 1.165) is 29.6 Å². The summed E-state index contributed by atoms with van der Waals surface area (Å²) in [7, 11) is 0. The van der Waals surface area contributed by atoms with Gasteiger partial charge in [0.15, 0.2) is 0 Å². The molecule has 1 aromatic carbocycles. The fourth-order valence-electron chi connectivity index (χ4n) is 1.43. The molecule has 0 bridgehead atoms. The maximum Gasteiger partial charge on any atom is 0.120 e. The first-order valence-corrected chi connectivity index (χ1v) is 7.82. The van der Waals surface area contributed by atoms with E-state index in [0.29, 0.717) is 0 Å². The molecule has 0 saturated carbocycles. The summed E-state index contributed by atoms with van der Waals surface area (Å²) in [5, 5.41) is 8.65. The van der Waals surface area contributed by atoms with E-state index in [1.165, 1.54) is 12.2 Å². The zero-order valence-corrected chi connectivity index (χ0v) is 12.5. The van der Waals surface area contributed by atoms with Crippen molar-refractivity contribution in [1.82, 2.24) is 0 Å². The Labute approximate surface area is 120 Å². The van der Waals surface area contributed by atoms with Gasteiger partial charge in [0.2, 0.25) is 0 Å². The summed E-state index contributed by atoms with van der Waals surface area (Å²) in [6.45, 7) is 5.10. The minimum Gasteiger partial charge on any atom is -0.493 e. The van der Waals surface area contributed by atoms with Crippen LogP contribution in [0.5, 0.6) is 5.75 Å². The van der Waals surface area contributed by atoms with E-state index in [4.69, 9.17) is 9.84 Å². The van der Waals surface area contributed by atoms with Crippen molar-refractivity contribution >= 4 is 11.8 Å². The highest BCUT2D eigenvalue weighted by Crippen LogP contribution is 2.14. The van der Waals surface area contributed by atoms with E-state index in [2.05, 4.69) is 25.7 Å². The molecular weight excluding hydrogens is 256 g/mol. The molecule has 0 fully saturated rings. The molecule has 0 aliphatic heterocycles. The number of hydrogen-bond acceptors (Lipinski definition) is 3. The zero-order chi connectivity index (χ0) is 13.9. The molecular formula is C16H22O2S. The van der Waals surface area contributed by atoms with E-state index < -0.39 is 0 Å². The van der Waals surface area contributed by atoms with Gasteiger partial charge >= 0.3 is 0 Å². The second-order valence-corrected chi connectivity index (χ2v) is 5.57. The topological polar surface area (TPSA) is 29.5 Å². The van der Waals surface area contributed by atoms with Crippen LogP contribution in [0.25, 0.3) is 0 Å². The van der Waals surface area contributed by atoms with E-state index in [-0.39, 0.29) is 6.61 Å². The van der Waals surface area contributed by atoms with Crippen molar-refractivity contribution in [2.45, 2.75) is 20.3 Å². The molecule has 2 nitrogen and oxygen atoms in total. The van der Waals surface area contributed by atoms with Crippen molar-refractivity contribution in [3.63, 3.8) is 0 Å². The number of benzene rings is 1. The number of hydrogen-bond donors (Lipinski definition) is 1. The van der Waals surface area contributed by atoms with Crippen molar-refractivity contribution in [1.29, 1.82) is 0 Å². The molecule has 104 valence electrons. The molecule has 19 heavy (non-hydrogen) atoms. The van der Waals surface area contributed by atoms with E-state index in [9.17, 15) is 0 Å². The highest BCUT2D eigenvalue weighted by atomic mass is 32.2. The standard InChI is InChI=1S/C16H22O2S/c1-3-14(2)13-19-11-10-18-16-8-4-6-15(12-16)7-5-9-17/h4,6,8,12,14,17H,3,9-11,13H2,1-2H3. The van der Waals surface area contributed by atoms with Crippen LogP contribution in [0, 0.1) is 17.8 Å². The third kappa shape index (κ3) is 7.15. The monoisotopic (exact) mass is 278 g/mol. The molecule has 1 rings (SSSR count). The Morgan fingerprint density at radius 1 is 1.42 bits per heavy atom. The predicted octanol–water partition coefficient (Wildman–Crippen LogP) is 3.19. The average molecular weight is 278 g/mol. The van der Waals surface area contributed by atoms with Gasteiger partial charge in [0.05, 0.1) is 6.61 Å². The lowest BCUT2D eigenvalue weighted by Gasteiger charge is -2.09. The van der Waals surface area contributed by atoms with Crippen molar-refractivity contribution in [3.8, 4) is 17.6 Å². The summed E-state index contributed by atoms with van der Waals surface area (Å²) >= 11 is 1.94. The number of aliphatic hydroxyl groups excluding tert-OH is 1. The summed E-state index contributed by atoms with van der Waals surface area (Å²) in [4.78, 5) is 0. The predicted molar refractivity (Wildman–Crippen MR) is 82.7 cm³/mol. The van der Waals surface area contributed by atoms with Gasteiger partial charge in [-0.15, -0.1) is 0 Å². The van der Waals surface area contributed by atoms with Crippen LogP contribution >= 0.6 is 11.8 Å². The van der Waals surface area contributed by atoms with Gasteiger partial charge in [-0.3, -0.25) is 0 Å². The Morgan fingerprint density at radius 2 is 2.26 bits per heavy atom. The maximum atomic E-state index is 8.65. The smallest absolute Gasteiger partial charge is 0.120 e. The molecule has 1 aromatic rings. The van der Waals surface area contributed by atoms with Gasteiger partial charge in [-0.05, 0) is 29.9 Å². The Balaban J connectivity index is 2.29. The number of aliphatic hydroxyl groups is 1. The molecule has 0 aliphatic carbocycles. The van der Waals surface area contributed by atoms with Gasteiger partial charge in [-0.1, -0.05) is 38.2 Å². The molecule has 0 aromatic heterocycles. The molecule has 1 N–H and O–H groups in total. The first-order chi connectivity index (χ1) is 9.26. The Kier molecular flexibility index (Phi) is 8.20. The van der Waals surface area contributed by atoms with Crippen molar-refractivity contribution < 1.29 is 9.84 Å². The van der Waals surface area contributed by atoms with Crippen LogP contribution in [-0.4, -0.2) is 29.8 Å². The van der Waals surface area contributed by atoms with Crippen LogP contribution in [0.1, 0.15) is 25.8 Å². The second kappa shape index (κ2) is 9.77. The van der Waals surface area contributed by atoms with E-state index in [1.54, 1.807) is 0 Å². The third-order valence-corrected chi connectivity index (χ3v) is 4.00. The molecule has 1 atom stereocenters. The van der Waals surface area contributed by atoms with Crippen molar-refractivity contribution in [2.75, 3.05) is 24.7 Å². The number of rotatable bonds is 7. The fraction of sp³-hybridized carbons (Fsp3) is 0.500. The average Bonchev–Trinajstić information content (AvgIpc) is 2.45. The highest BCUT2D eigenvalue weighted by molar-refractivity contribution is 7.99. The fourth-order valence-corrected chi connectivity index (χ4v) is 2.43. The highest BCUT2D eigenvalue weighted by Gasteiger charge is 1.99.